The summed E-state index contributed by atoms with van der Waals surface area (Å²) in [4.78, 5) is 49.5. The van der Waals surface area contributed by atoms with Gasteiger partial charge in [-0.2, -0.15) is 0 Å². The topological polar surface area (TPSA) is 90.0 Å². The predicted molar refractivity (Wildman–Crippen MR) is 90.3 cm³/mol. The van der Waals surface area contributed by atoms with Crippen molar-refractivity contribution in [2.75, 3.05) is 20.3 Å². The minimum Gasteiger partial charge on any atom is -0.494 e. The zero-order valence-electron chi connectivity index (χ0n) is 14.6. The number of esters is 1. The van der Waals surface area contributed by atoms with Crippen molar-refractivity contribution in [1.82, 2.24) is 4.90 Å². The van der Waals surface area contributed by atoms with Gasteiger partial charge in [0, 0.05) is 5.56 Å². The third kappa shape index (κ3) is 3.74. The Balaban J connectivity index is 1.55. The van der Waals surface area contributed by atoms with Crippen LogP contribution in [0, 0.1) is 17.7 Å². The first kappa shape index (κ1) is 18.8. The molecule has 7 nitrogen and oxygen atoms in total. The Bertz CT molecular complexity index is 807. The minimum atomic E-state index is -0.870. The highest BCUT2D eigenvalue weighted by atomic mass is 19.1. The number of fused-ring (bicyclic) bond motifs is 1. The molecule has 1 fully saturated rings. The average molecular weight is 375 g/mol. The fraction of sp³-hybridized carbons (Fsp3) is 0.368. The van der Waals surface area contributed by atoms with E-state index in [-0.39, 0.29) is 11.3 Å². The molecule has 1 aliphatic carbocycles. The van der Waals surface area contributed by atoms with Gasteiger partial charge in [-0.1, -0.05) is 12.2 Å². The number of likely N-dealkylation sites (tertiary alicyclic amines) is 1. The molecule has 0 bridgehead atoms. The second kappa shape index (κ2) is 7.69. The lowest BCUT2D eigenvalue weighted by Gasteiger charge is -2.14. The number of ketones is 1. The molecule has 0 saturated carbocycles. The molecule has 0 radical (unpaired) electrons. The molecule has 142 valence electrons. The van der Waals surface area contributed by atoms with Crippen LogP contribution in [-0.4, -0.2) is 48.7 Å². The second-order valence-electron chi connectivity index (χ2n) is 6.35. The minimum absolute atomic E-state index is 0.00874. The number of rotatable bonds is 6. The van der Waals surface area contributed by atoms with E-state index < -0.39 is 54.4 Å². The first-order valence-electron chi connectivity index (χ1n) is 8.45. The second-order valence-corrected chi connectivity index (χ2v) is 6.35. The van der Waals surface area contributed by atoms with E-state index >= 15 is 0 Å². The number of hydrogen-bond donors (Lipinski definition) is 0. The van der Waals surface area contributed by atoms with E-state index in [1.807, 2.05) is 12.2 Å². The molecule has 0 aromatic heterocycles. The van der Waals surface area contributed by atoms with Crippen LogP contribution in [0.3, 0.4) is 0 Å². The van der Waals surface area contributed by atoms with Crippen molar-refractivity contribution in [2.24, 2.45) is 11.8 Å². The first-order chi connectivity index (χ1) is 12.9. The van der Waals surface area contributed by atoms with Gasteiger partial charge in [-0.3, -0.25) is 24.1 Å². The number of carbonyl (C=O) groups is 4. The summed E-state index contributed by atoms with van der Waals surface area (Å²) in [6.07, 6.45) is 4.65. The van der Waals surface area contributed by atoms with Crippen molar-refractivity contribution in [1.29, 1.82) is 0 Å². The van der Waals surface area contributed by atoms with E-state index in [2.05, 4.69) is 0 Å². The molecule has 2 atom stereocenters. The lowest BCUT2D eigenvalue weighted by atomic mass is 9.85. The zero-order valence-corrected chi connectivity index (χ0v) is 14.6. The fourth-order valence-electron chi connectivity index (χ4n) is 3.27. The lowest BCUT2D eigenvalue weighted by molar-refractivity contribution is -0.152. The van der Waals surface area contributed by atoms with Crippen LogP contribution < -0.4 is 4.74 Å². The van der Waals surface area contributed by atoms with Crippen molar-refractivity contribution in [2.45, 2.75) is 12.8 Å². The number of Topliss-reactive ketones (excluding diaryl/α,β-unsaturated/α-hetero) is 1. The zero-order chi connectivity index (χ0) is 19.6. The number of hydrogen-bond acceptors (Lipinski definition) is 6. The standard InChI is InChI=1S/C19H18FNO6/c1-26-16-7-6-11(8-14(16)20)15(22)10-27-17(23)9-21-18(24)12-4-2-3-5-13(12)19(21)25/h2-3,6-8,12-13H,4-5,9-10H2,1H3/t12-,13+. The molecule has 1 aromatic carbocycles. The van der Waals surface area contributed by atoms with Crippen LogP contribution in [0.5, 0.6) is 5.75 Å². The van der Waals surface area contributed by atoms with E-state index in [1.165, 1.54) is 19.2 Å². The Kier molecular flexibility index (Phi) is 5.34. The summed E-state index contributed by atoms with van der Waals surface area (Å²) in [6, 6.07) is 3.63. The highest BCUT2D eigenvalue weighted by molar-refractivity contribution is 6.07. The molecule has 3 rings (SSSR count). The van der Waals surface area contributed by atoms with E-state index in [0.717, 1.165) is 11.0 Å². The molecule has 1 aliphatic heterocycles. The Morgan fingerprint density at radius 1 is 1.15 bits per heavy atom. The Labute approximate surface area is 154 Å². The summed E-state index contributed by atoms with van der Waals surface area (Å²) in [6.45, 7) is -1.15. The van der Waals surface area contributed by atoms with Crippen LogP contribution in [0.15, 0.2) is 30.4 Å². The maximum atomic E-state index is 13.6. The number of amides is 2. The van der Waals surface area contributed by atoms with Crippen molar-refractivity contribution in [3.63, 3.8) is 0 Å². The van der Waals surface area contributed by atoms with Gasteiger partial charge in [-0.25, -0.2) is 4.39 Å². The lowest BCUT2D eigenvalue weighted by Crippen LogP contribution is -2.37. The van der Waals surface area contributed by atoms with Crippen LogP contribution in [0.2, 0.25) is 0 Å². The number of imide groups is 1. The monoisotopic (exact) mass is 375 g/mol. The van der Waals surface area contributed by atoms with Gasteiger partial charge >= 0.3 is 5.97 Å². The SMILES string of the molecule is COc1ccc(C(=O)COC(=O)CN2C(=O)[C@H]3CC=CC[C@H]3C2=O)cc1F. The van der Waals surface area contributed by atoms with Crippen molar-refractivity contribution < 1.29 is 33.0 Å². The van der Waals surface area contributed by atoms with Crippen LogP contribution in [0.1, 0.15) is 23.2 Å². The van der Waals surface area contributed by atoms with Crippen molar-refractivity contribution in [3.8, 4) is 5.75 Å². The number of nitrogens with zero attached hydrogens (tertiary/aromatic N) is 1. The highest BCUT2D eigenvalue weighted by Crippen LogP contribution is 2.34. The van der Waals surface area contributed by atoms with Gasteiger partial charge in [0.2, 0.25) is 11.8 Å². The smallest absolute Gasteiger partial charge is 0.326 e. The van der Waals surface area contributed by atoms with Gasteiger partial charge in [0.05, 0.1) is 18.9 Å². The summed E-state index contributed by atoms with van der Waals surface area (Å²) in [7, 11) is 1.30. The molecule has 1 saturated heterocycles. The number of allylic oxidation sites excluding steroid dienone is 2. The van der Waals surface area contributed by atoms with Crippen LogP contribution in [0.4, 0.5) is 4.39 Å². The van der Waals surface area contributed by atoms with Gasteiger partial charge in [0.15, 0.2) is 24.0 Å². The summed E-state index contributed by atoms with van der Waals surface area (Å²) in [5.41, 5.74) is 0.0199. The summed E-state index contributed by atoms with van der Waals surface area (Å²) in [5.74, 6) is -3.85. The molecule has 2 amide bonds. The third-order valence-corrected chi connectivity index (χ3v) is 4.72. The molecule has 2 aliphatic rings. The van der Waals surface area contributed by atoms with Crippen molar-refractivity contribution >= 4 is 23.6 Å². The molecule has 27 heavy (non-hydrogen) atoms. The number of benzene rings is 1. The molecule has 1 aromatic rings. The molecular formula is C19H18FNO6. The van der Waals surface area contributed by atoms with Gasteiger partial charge in [-0.15, -0.1) is 0 Å². The fourth-order valence-corrected chi connectivity index (χ4v) is 3.27. The summed E-state index contributed by atoms with van der Waals surface area (Å²) < 4.78 is 23.3. The van der Waals surface area contributed by atoms with Gasteiger partial charge in [0.1, 0.15) is 6.54 Å². The van der Waals surface area contributed by atoms with Crippen LogP contribution >= 0.6 is 0 Å². The van der Waals surface area contributed by atoms with E-state index in [9.17, 15) is 23.6 Å². The largest absolute Gasteiger partial charge is 0.494 e. The van der Waals surface area contributed by atoms with Gasteiger partial charge in [-0.05, 0) is 31.0 Å². The quantitative estimate of drug-likeness (QED) is 0.324. The Hall–Kier alpha value is -3.03. The normalized spacial score (nSPS) is 21.2. The third-order valence-electron chi connectivity index (χ3n) is 4.72. The Morgan fingerprint density at radius 3 is 2.33 bits per heavy atom. The maximum Gasteiger partial charge on any atom is 0.326 e. The molecule has 8 heteroatoms. The van der Waals surface area contributed by atoms with Gasteiger partial charge in [0.25, 0.3) is 0 Å². The van der Waals surface area contributed by atoms with Crippen molar-refractivity contribution in [3.05, 3.63) is 41.7 Å². The Morgan fingerprint density at radius 2 is 1.78 bits per heavy atom. The van der Waals surface area contributed by atoms with Crippen LogP contribution in [-0.2, 0) is 19.1 Å². The summed E-state index contributed by atoms with van der Waals surface area (Å²) >= 11 is 0. The maximum absolute atomic E-state index is 13.6. The average Bonchev–Trinajstić information content (AvgIpc) is 2.91. The number of carbonyl (C=O) groups excluding carboxylic acids is 4. The molecule has 0 spiro atoms. The van der Waals surface area contributed by atoms with Crippen LogP contribution in [0.25, 0.3) is 0 Å². The first-order valence-corrected chi connectivity index (χ1v) is 8.45. The van der Waals surface area contributed by atoms with Gasteiger partial charge < -0.3 is 9.47 Å². The van der Waals surface area contributed by atoms with E-state index in [0.29, 0.717) is 12.8 Å². The predicted octanol–water partition coefficient (Wildman–Crippen LogP) is 1.51. The van der Waals surface area contributed by atoms with E-state index in [4.69, 9.17) is 9.47 Å². The summed E-state index contributed by atoms with van der Waals surface area (Å²) in [5, 5.41) is 0. The molecule has 1 heterocycles. The molecular weight excluding hydrogens is 357 g/mol. The number of ether oxygens (including phenoxy) is 2. The number of halogens is 1. The number of methoxy groups -OCH3 is 1. The molecule has 0 unspecified atom stereocenters. The molecule has 0 N–H and O–H groups in total. The van der Waals surface area contributed by atoms with E-state index in [1.54, 1.807) is 0 Å². The highest BCUT2D eigenvalue weighted by Gasteiger charge is 2.47.